The first-order chi connectivity index (χ1) is 13.7. The lowest BCUT2D eigenvalue weighted by Gasteiger charge is -2.36. The molecule has 3 aromatic rings. The highest BCUT2D eigenvalue weighted by atomic mass is 32.1. The van der Waals surface area contributed by atoms with Gasteiger partial charge in [-0.15, -0.1) is 11.3 Å². The fourth-order valence-electron chi connectivity index (χ4n) is 3.47. The van der Waals surface area contributed by atoms with E-state index >= 15 is 0 Å². The van der Waals surface area contributed by atoms with E-state index in [-0.39, 0.29) is 17.6 Å². The first kappa shape index (κ1) is 18.6. The lowest BCUT2D eigenvalue weighted by molar-refractivity contribution is -0.133. The maximum atomic E-state index is 13.4. The Bertz CT molecular complexity index is 894. The second-order valence-corrected chi connectivity index (χ2v) is 7.78. The summed E-state index contributed by atoms with van der Waals surface area (Å²) in [5.74, 6) is 0.193. The number of carbonyl (C=O) groups excluding carboxylic acids is 1. The van der Waals surface area contributed by atoms with Crippen LogP contribution in [0.3, 0.4) is 0 Å². The van der Waals surface area contributed by atoms with Crippen LogP contribution >= 0.6 is 11.3 Å². The van der Waals surface area contributed by atoms with Crippen molar-refractivity contribution in [1.29, 1.82) is 0 Å². The van der Waals surface area contributed by atoms with Crippen LogP contribution in [0.4, 0.5) is 10.3 Å². The molecule has 1 atom stereocenters. The molecule has 5 nitrogen and oxygen atoms in total. The van der Waals surface area contributed by atoms with Crippen LogP contribution in [0.1, 0.15) is 16.4 Å². The molecule has 0 N–H and O–H groups in total. The lowest BCUT2D eigenvalue weighted by atomic mass is 9.93. The van der Waals surface area contributed by atoms with Gasteiger partial charge in [-0.05, 0) is 41.6 Å². The van der Waals surface area contributed by atoms with Crippen molar-refractivity contribution in [2.24, 2.45) is 0 Å². The number of hydrogen-bond donors (Lipinski definition) is 0. The van der Waals surface area contributed by atoms with E-state index in [4.69, 9.17) is 0 Å². The normalized spacial score (nSPS) is 15.5. The molecule has 1 unspecified atom stereocenters. The number of hydrogen-bond acceptors (Lipinski definition) is 5. The molecule has 1 aliphatic rings. The monoisotopic (exact) mass is 396 g/mol. The number of anilines is 1. The van der Waals surface area contributed by atoms with Crippen LogP contribution in [0.2, 0.25) is 0 Å². The number of amides is 1. The predicted octanol–water partition coefficient (Wildman–Crippen LogP) is 3.35. The lowest BCUT2D eigenvalue weighted by Crippen LogP contribution is -2.50. The Morgan fingerprint density at radius 1 is 1.04 bits per heavy atom. The zero-order chi connectivity index (χ0) is 19.3. The van der Waals surface area contributed by atoms with Gasteiger partial charge in [0.05, 0.1) is 5.92 Å². The van der Waals surface area contributed by atoms with Gasteiger partial charge in [-0.3, -0.25) is 4.79 Å². The third-order valence-electron chi connectivity index (χ3n) is 4.98. The van der Waals surface area contributed by atoms with Crippen LogP contribution in [-0.2, 0) is 11.2 Å². The number of aromatic nitrogens is 2. The fourth-order valence-corrected chi connectivity index (χ4v) is 4.23. The van der Waals surface area contributed by atoms with Crippen LogP contribution < -0.4 is 4.90 Å². The summed E-state index contributed by atoms with van der Waals surface area (Å²) >= 11 is 1.64. The van der Waals surface area contributed by atoms with E-state index in [0.717, 1.165) is 10.4 Å². The minimum absolute atomic E-state index is 0.0913. The summed E-state index contributed by atoms with van der Waals surface area (Å²) in [7, 11) is 0. The molecule has 28 heavy (non-hydrogen) atoms. The summed E-state index contributed by atoms with van der Waals surface area (Å²) in [6.45, 7) is 2.65. The minimum Gasteiger partial charge on any atom is -0.339 e. The highest BCUT2D eigenvalue weighted by Crippen LogP contribution is 2.26. The van der Waals surface area contributed by atoms with Crippen molar-refractivity contribution in [2.45, 2.75) is 12.3 Å². The first-order valence-electron chi connectivity index (χ1n) is 9.29. The summed E-state index contributed by atoms with van der Waals surface area (Å²) in [6, 6.07) is 12.1. The number of carbonyl (C=O) groups is 1. The molecule has 1 saturated heterocycles. The van der Waals surface area contributed by atoms with Crippen molar-refractivity contribution in [3.05, 3.63) is 76.5 Å². The molecule has 0 saturated carbocycles. The van der Waals surface area contributed by atoms with Crippen LogP contribution in [0.25, 0.3) is 0 Å². The summed E-state index contributed by atoms with van der Waals surface area (Å²) in [5, 5.41) is 2.01. The molecule has 0 spiro atoms. The molecule has 4 rings (SSSR count). The van der Waals surface area contributed by atoms with Crippen molar-refractivity contribution >= 4 is 23.2 Å². The third kappa shape index (κ3) is 4.20. The van der Waals surface area contributed by atoms with Crippen LogP contribution in [0.5, 0.6) is 0 Å². The largest absolute Gasteiger partial charge is 0.339 e. The molecule has 3 heterocycles. The molecule has 1 aromatic carbocycles. The fraction of sp³-hybridized carbons (Fsp3) is 0.286. The number of nitrogens with zero attached hydrogens (tertiary/aromatic N) is 4. The van der Waals surface area contributed by atoms with Gasteiger partial charge >= 0.3 is 0 Å². The van der Waals surface area contributed by atoms with Crippen LogP contribution in [0, 0.1) is 5.82 Å². The number of thiophene rings is 1. The maximum absolute atomic E-state index is 13.4. The quantitative estimate of drug-likeness (QED) is 0.664. The summed E-state index contributed by atoms with van der Waals surface area (Å²) in [6.07, 6.45) is 4.08. The number of rotatable bonds is 5. The molecule has 0 bridgehead atoms. The van der Waals surface area contributed by atoms with E-state index in [1.165, 1.54) is 12.1 Å². The van der Waals surface area contributed by atoms with Gasteiger partial charge in [-0.2, -0.15) is 0 Å². The van der Waals surface area contributed by atoms with Gasteiger partial charge < -0.3 is 9.80 Å². The summed E-state index contributed by atoms with van der Waals surface area (Å²) < 4.78 is 13.4. The average Bonchev–Trinajstić information content (AvgIpc) is 3.26. The van der Waals surface area contributed by atoms with Crippen molar-refractivity contribution in [3.8, 4) is 0 Å². The molecule has 1 aliphatic heterocycles. The van der Waals surface area contributed by atoms with Gasteiger partial charge in [-0.25, -0.2) is 14.4 Å². The van der Waals surface area contributed by atoms with E-state index in [9.17, 15) is 9.18 Å². The highest BCUT2D eigenvalue weighted by molar-refractivity contribution is 7.09. The topological polar surface area (TPSA) is 49.3 Å². The maximum Gasteiger partial charge on any atom is 0.230 e. The Balaban J connectivity index is 1.48. The molecule has 1 fully saturated rings. The standard InChI is InChI=1S/C21H21FN4OS/c22-17-6-4-16(5-7-17)19(15-18-3-1-14-28-18)20(27)25-10-12-26(13-11-25)21-23-8-2-9-24-21/h1-9,14,19H,10-13,15H2. The third-order valence-corrected chi connectivity index (χ3v) is 5.88. The van der Waals surface area contributed by atoms with Crippen LogP contribution in [-0.4, -0.2) is 47.0 Å². The van der Waals surface area contributed by atoms with Crippen molar-refractivity contribution in [1.82, 2.24) is 14.9 Å². The Kier molecular flexibility index (Phi) is 5.62. The summed E-state index contributed by atoms with van der Waals surface area (Å²) in [4.78, 5) is 27.1. The molecule has 144 valence electrons. The van der Waals surface area contributed by atoms with Gasteiger partial charge in [-0.1, -0.05) is 18.2 Å². The van der Waals surface area contributed by atoms with Crippen molar-refractivity contribution in [3.63, 3.8) is 0 Å². The van der Waals surface area contributed by atoms with Gasteiger partial charge in [0.1, 0.15) is 5.82 Å². The Morgan fingerprint density at radius 2 is 1.75 bits per heavy atom. The van der Waals surface area contributed by atoms with Gasteiger partial charge in [0.25, 0.3) is 0 Å². The Hall–Kier alpha value is -2.80. The van der Waals surface area contributed by atoms with Gasteiger partial charge in [0.15, 0.2) is 0 Å². The minimum atomic E-state index is -0.307. The molecule has 0 aliphatic carbocycles. The van der Waals surface area contributed by atoms with Gasteiger partial charge in [0.2, 0.25) is 11.9 Å². The van der Waals surface area contributed by atoms with Crippen molar-refractivity contribution < 1.29 is 9.18 Å². The second-order valence-electron chi connectivity index (χ2n) is 6.75. The first-order valence-corrected chi connectivity index (χ1v) is 10.2. The molecule has 0 radical (unpaired) electrons. The number of halogens is 1. The van der Waals surface area contributed by atoms with Crippen molar-refractivity contribution in [2.75, 3.05) is 31.1 Å². The molecule has 1 amide bonds. The number of piperazine rings is 1. The molecule has 7 heteroatoms. The highest BCUT2D eigenvalue weighted by Gasteiger charge is 2.29. The second kappa shape index (κ2) is 8.48. The zero-order valence-electron chi connectivity index (χ0n) is 15.4. The van der Waals surface area contributed by atoms with Crippen LogP contribution in [0.15, 0.2) is 60.2 Å². The van der Waals surface area contributed by atoms with E-state index in [0.29, 0.717) is 38.5 Å². The zero-order valence-corrected chi connectivity index (χ0v) is 16.2. The SMILES string of the molecule is O=C(C(Cc1cccs1)c1ccc(F)cc1)N1CCN(c2ncccn2)CC1. The smallest absolute Gasteiger partial charge is 0.230 e. The predicted molar refractivity (Wildman–Crippen MR) is 108 cm³/mol. The number of benzene rings is 1. The van der Waals surface area contributed by atoms with E-state index in [1.807, 2.05) is 22.4 Å². The molecule has 2 aromatic heterocycles. The molecular weight excluding hydrogens is 375 g/mol. The van der Waals surface area contributed by atoms with E-state index in [2.05, 4.69) is 14.9 Å². The molecular formula is C21H21FN4OS. The Morgan fingerprint density at radius 3 is 2.39 bits per heavy atom. The van der Waals surface area contributed by atoms with E-state index < -0.39 is 0 Å². The average molecular weight is 396 g/mol. The van der Waals surface area contributed by atoms with E-state index in [1.54, 1.807) is 41.9 Å². The Labute approximate surface area is 167 Å². The van der Waals surface area contributed by atoms with Gasteiger partial charge in [0, 0.05) is 43.4 Å². The summed E-state index contributed by atoms with van der Waals surface area (Å²) in [5.41, 5.74) is 0.855.